The lowest BCUT2D eigenvalue weighted by atomic mass is 9.95. The van der Waals surface area contributed by atoms with E-state index in [1.54, 1.807) is 6.33 Å². The largest absolute Gasteiger partial charge is 0.492 e. The van der Waals surface area contributed by atoms with Gasteiger partial charge in [0.15, 0.2) is 5.82 Å². The average Bonchev–Trinajstić information content (AvgIpc) is 2.81. The predicted molar refractivity (Wildman–Crippen MR) is 119 cm³/mol. The Kier molecular flexibility index (Phi) is 6.67. The Hall–Kier alpha value is -2.83. The minimum atomic E-state index is -0.000926. The predicted octanol–water partition coefficient (Wildman–Crippen LogP) is 3.72. The third kappa shape index (κ3) is 4.66. The van der Waals surface area contributed by atoms with Crippen LogP contribution in [-0.2, 0) is 4.79 Å². The van der Waals surface area contributed by atoms with Crippen molar-refractivity contribution in [3.05, 3.63) is 36.8 Å². The number of piperidine rings is 2. The smallest absolute Gasteiger partial charge is 0.227 e. The topological polar surface area (TPSA) is 70.6 Å². The van der Waals surface area contributed by atoms with E-state index >= 15 is 0 Å². The first-order valence-electron chi connectivity index (χ1n) is 11.1. The van der Waals surface area contributed by atoms with Crippen LogP contribution in [0.3, 0.4) is 0 Å². The minimum Gasteiger partial charge on any atom is -0.492 e. The number of carbonyl (C=O) groups is 1. The molecule has 3 heterocycles. The number of amides is 1. The van der Waals surface area contributed by atoms with Crippen molar-refractivity contribution in [1.82, 2.24) is 9.97 Å². The van der Waals surface area contributed by atoms with Crippen molar-refractivity contribution in [3.8, 4) is 5.75 Å². The number of aromatic nitrogens is 2. The zero-order chi connectivity index (χ0) is 20.8. The first-order valence-corrected chi connectivity index (χ1v) is 11.1. The molecule has 1 N–H and O–H groups in total. The normalized spacial score (nSPS) is 17.6. The van der Waals surface area contributed by atoms with Crippen LogP contribution in [0.25, 0.3) is 0 Å². The molecule has 0 spiro atoms. The molecule has 0 unspecified atom stereocenters. The Balaban J connectivity index is 1.38. The number of rotatable bonds is 6. The molecule has 0 atom stereocenters. The van der Waals surface area contributed by atoms with E-state index in [1.165, 1.54) is 19.3 Å². The highest BCUT2D eigenvalue weighted by atomic mass is 16.5. The molecule has 160 valence electrons. The van der Waals surface area contributed by atoms with E-state index in [2.05, 4.69) is 25.1 Å². The van der Waals surface area contributed by atoms with Gasteiger partial charge >= 0.3 is 0 Å². The van der Waals surface area contributed by atoms with Crippen molar-refractivity contribution in [2.24, 2.45) is 5.92 Å². The second kappa shape index (κ2) is 9.78. The van der Waals surface area contributed by atoms with Crippen LogP contribution in [0.1, 0.15) is 39.0 Å². The molecule has 1 amide bonds. The summed E-state index contributed by atoms with van der Waals surface area (Å²) in [5.74, 6) is 1.83. The molecule has 4 rings (SSSR count). The molecular formula is C23H31N5O2. The molecule has 1 aromatic carbocycles. The number of nitrogens with zero attached hydrogens (tertiary/aromatic N) is 4. The summed E-state index contributed by atoms with van der Waals surface area (Å²) < 4.78 is 5.63. The van der Waals surface area contributed by atoms with E-state index < -0.39 is 0 Å². The van der Waals surface area contributed by atoms with Gasteiger partial charge in [-0.1, -0.05) is 12.1 Å². The Morgan fingerprint density at radius 1 is 1.10 bits per heavy atom. The van der Waals surface area contributed by atoms with Crippen LogP contribution in [0.2, 0.25) is 0 Å². The minimum absolute atomic E-state index is 0.000926. The van der Waals surface area contributed by atoms with Gasteiger partial charge in [0.05, 0.1) is 24.2 Å². The number of anilines is 3. The third-order valence-corrected chi connectivity index (χ3v) is 5.98. The number of carbonyl (C=O) groups excluding carboxylic acids is 1. The monoisotopic (exact) mass is 409 g/mol. The zero-order valence-corrected chi connectivity index (χ0v) is 17.7. The molecular weight excluding hydrogens is 378 g/mol. The van der Waals surface area contributed by atoms with Crippen LogP contribution in [-0.4, -0.2) is 48.7 Å². The van der Waals surface area contributed by atoms with E-state index in [9.17, 15) is 4.79 Å². The number of benzene rings is 1. The fourth-order valence-electron chi connectivity index (χ4n) is 4.36. The SMILES string of the molecule is CCOc1ccccc1NC(=O)C1CCN(c2cncnc2N2CCCCC2)CC1. The maximum atomic E-state index is 12.9. The van der Waals surface area contributed by atoms with Gasteiger partial charge in [-0.2, -0.15) is 0 Å². The van der Waals surface area contributed by atoms with Gasteiger partial charge in [-0.3, -0.25) is 4.79 Å². The lowest BCUT2D eigenvalue weighted by Gasteiger charge is -2.36. The molecule has 1 aromatic heterocycles. The summed E-state index contributed by atoms with van der Waals surface area (Å²) in [5, 5.41) is 3.07. The molecule has 30 heavy (non-hydrogen) atoms. The summed E-state index contributed by atoms with van der Waals surface area (Å²) in [6, 6.07) is 7.61. The van der Waals surface area contributed by atoms with Crippen molar-refractivity contribution in [3.63, 3.8) is 0 Å². The lowest BCUT2D eigenvalue weighted by Crippen LogP contribution is -2.40. The Morgan fingerprint density at radius 3 is 2.63 bits per heavy atom. The zero-order valence-electron chi connectivity index (χ0n) is 17.7. The van der Waals surface area contributed by atoms with Crippen LogP contribution < -0.4 is 19.9 Å². The van der Waals surface area contributed by atoms with Gasteiger partial charge in [0.25, 0.3) is 0 Å². The third-order valence-electron chi connectivity index (χ3n) is 5.98. The number of nitrogens with one attached hydrogen (secondary N) is 1. The van der Waals surface area contributed by atoms with E-state index in [4.69, 9.17) is 4.74 Å². The van der Waals surface area contributed by atoms with Gasteiger partial charge in [-0.15, -0.1) is 0 Å². The van der Waals surface area contributed by atoms with Gasteiger partial charge in [-0.05, 0) is 51.2 Å². The van der Waals surface area contributed by atoms with Crippen molar-refractivity contribution < 1.29 is 9.53 Å². The van der Waals surface area contributed by atoms with Gasteiger partial charge in [0, 0.05) is 32.1 Å². The maximum absolute atomic E-state index is 12.9. The van der Waals surface area contributed by atoms with Crippen molar-refractivity contribution in [1.29, 1.82) is 0 Å². The molecule has 0 aliphatic carbocycles. The quantitative estimate of drug-likeness (QED) is 0.784. The summed E-state index contributed by atoms with van der Waals surface area (Å²) >= 11 is 0. The molecule has 7 nitrogen and oxygen atoms in total. The number of ether oxygens (including phenoxy) is 1. The lowest BCUT2D eigenvalue weighted by molar-refractivity contribution is -0.120. The van der Waals surface area contributed by atoms with Crippen molar-refractivity contribution in [2.45, 2.75) is 39.0 Å². The maximum Gasteiger partial charge on any atom is 0.227 e. The van der Waals surface area contributed by atoms with E-state index in [0.29, 0.717) is 6.61 Å². The molecule has 2 aromatic rings. The van der Waals surface area contributed by atoms with Gasteiger partial charge < -0.3 is 19.9 Å². The van der Waals surface area contributed by atoms with Crippen molar-refractivity contribution >= 4 is 23.1 Å². The summed E-state index contributed by atoms with van der Waals surface area (Å²) in [6.45, 7) is 6.30. The van der Waals surface area contributed by atoms with Crippen LogP contribution in [0.5, 0.6) is 5.75 Å². The van der Waals surface area contributed by atoms with Gasteiger partial charge in [0.1, 0.15) is 12.1 Å². The Morgan fingerprint density at radius 2 is 1.87 bits per heavy atom. The first kappa shape index (κ1) is 20.4. The fraction of sp³-hybridized carbons (Fsp3) is 0.522. The highest BCUT2D eigenvalue weighted by molar-refractivity contribution is 5.94. The molecule has 2 aliphatic heterocycles. The average molecular weight is 410 g/mol. The van der Waals surface area contributed by atoms with E-state index in [-0.39, 0.29) is 11.8 Å². The standard InChI is InChI=1S/C23H31N5O2/c1-2-30-21-9-5-4-8-19(21)26-23(29)18-10-14-27(15-11-18)20-16-24-17-25-22(20)28-12-6-3-7-13-28/h4-5,8-9,16-18H,2-3,6-7,10-15H2,1H3,(H,26,29). The highest BCUT2D eigenvalue weighted by Gasteiger charge is 2.28. The van der Waals surface area contributed by atoms with Crippen LogP contribution >= 0.6 is 0 Å². The Bertz CT molecular complexity index is 845. The van der Waals surface area contributed by atoms with Crippen LogP contribution in [0.4, 0.5) is 17.2 Å². The first-order chi connectivity index (χ1) is 14.8. The molecule has 0 saturated carbocycles. The number of para-hydroxylation sites is 2. The molecule has 2 aliphatic rings. The van der Waals surface area contributed by atoms with E-state index in [0.717, 1.165) is 62.0 Å². The number of hydrogen-bond acceptors (Lipinski definition) is 6. The van der Waals surface area contributed by atoms with Gasteiger partial charge in [0.2, 0.25) is 5.91 Å². The second-order valence-corrected chi connectivity index (χ2v) is 7.96. The van der Waals surface area contributed by atoms with Crippen LogP contribution in [0.15, 0.2) is 36.8 Å². The molecule has 0 radical (unpaired) electrons. The van der Waals surface area contributed by atoms with Crippen molar-refractivity contribution in [2.75, 3.05) is 47.9 Å². The summed E-state index contributed by atoms with van der Waals surface area (Å²) in [7, 11) is 0. The molecule has 7 heteroatoms. The van der Waals surface area contributed by atoms with Crippen LogP contribution in [0, 0.1) is 5.92 Å². The molecule has 2 fully saturated rings. The van der Waals surface area contributed by atoms with E-state index in [1.807, 2.05) is 37.4 Å². The fourth-order valence-corrected chi connectivity index (χ4v) is 4.36. The second-order valence-electron chi connectivity index (χ2n) is 7.96. The summed E-state index contributed by atoms with van der Waals surface area (Å²) in [5.41, 5.74) is 1.84. The highest BCUT2D eigenvalue weighted by Crippen LogP contribution is 2.32. The number of hydrogen-bond donors (Lipinski definition) is 1. The molecule has 2 saturated heterocycles. The molecule has 0 bridgehead atoms. The van der Waals surface area contributed by atoms with Gasteiger partial charge in [-0.25, -0.2) is 9.97 Å². The summed E-state index contributed by atoms with van der Waals surface area (Å²) in [6.07, 6.45) is 8.93. The Labute approximate surface area is 178 Å². The summed E-state index contributed by atoms with van der Waals surface area (Å²) in [4.78, 5) is 26.5.